The molecule has 3 heterocycles. The van der Waals surface area contributed by atoms with E-state index >= 15 is 0 Å². The molecular weight excluding hydrogens is 468 g/mol. The van der Waals surface area contributed by atoms with Crippen molar-refractivity contribution in [2.24, 2.45) is 5.92 Å². The fourth-order valence-corrected chi connectivity index (χ4v) is 4.06. The summed E-state index contributed by atoms with van der Waals surface area (Å²) in [5.41, 5.74) is 4.35. The molecule has 0 spiro atoms. The number of aromatic nitrogens is 6. The van der Waals surface area contributed by atoms with Crippen LogP contribution in [0.5, 0.6) is 0 Å². The number of benzene rings is 1. The van der Waals surface area contributed by atoms with E-state index in [0.717, 1.165) is 12.8 Å². The first-order valence-electron chi connectivity index (χ1n) is 10.2. The van der Waals surface area contributed by atoms with Crippen molar-refractivity contribution in [2.75, 3.05) is 11.1 Å². The number of rotatable bonds is 6. The summed E-state index contributed by atoms with van der Waals surface area (Å²) in [6, 6.07) is 7.54. The summed E-state index contributed by atoms with van der Waals surface area (Å²) < 4.78 is 28.4. The van der Waals surface area contributed by atoms with Gasteiger partial charge in [-0.1, -0.05) is 17.7 Å². The lowest BCUT2D eigenvalue weighted by Gasteiger charge is -2.23. The van der Waals surface area contributed by atoms with Gasteiger partial charge in [-0.05, 0) is 30.9 Å². The van der Waals surface area contributed by atoms with Gasteiger partial charge in [0.2, 0.25) is 5.95 Å². The average Bonchev–Trinajstić information content (AvgIpc) is 3.51. The second kappa shape index (κ2) is 8.35. The molecule has 0 saturated heterocycles. The molecule has 0 unspecified atom stereocenters. The Morgan fingerprint density at radius 1 is 1.26 bits per heavy atom. The van der Waals surface area contributed by atoms with Gasteiger partial charge in [-0.25, -0.2) is 23.3 Å². The number of hydrogen-bond acceptors (Lipinski definition) is 8. The standard InChI is InChI=1S/C21H16ClF2N9O/c22-12-3-1-2-10-15(12)29-19(33(20(10)34)13-6-7-27-32-13)14(9-4-5-9)28-18-11(8-25)16(17(23)24)30-21(26)31-18/h1-3,6-7,9,14,17H,4-5H2,(H,27,32)(H3,26,28,30,31)/t14-/m0/s1. The minimum absolute atomic E-state index is 0.0151. The molecule has 4 aromatic rings. The number of nitrogens with two attached hydrogens (primary N) is 1. The molecule has 10 nitrogen and oxygen atoms in total. The maximum atomic E-state index is 13.5. The van der Waals surface area contributed by atoms with Crippen molar-refractivity contribution >= 4 is 34.3 Å². The van der Waals surface area contributed by atoms with Crippen LogP contribution in [0.3, 0.4) is 0 Å². The van der Waals surface area contributed by atoms with Crippen molar-refractivity contribution in [1.82, 2.24) is 29.7 Å². The fourth-order valence-electron chi connectivity index (χ4n) is 3.84. The molecule has 1 aliphatic rings. The number of halogens is 3. The van der Waals surface area contributed by atoms with E-state index in [9.17, 15) is 18.8 Å². The van der Waals surface area contributed by atoms with Crippen molar-refractivity contribution in [1.29, 1.82) is 5.26 Å². The van der Waals surface area contributed by atoms with Crippen LogP contribution in [0.1, 0.15) is 42.4 Å². The van der Waals surface area contributed by atoms with Crippen molar-refractivity contribution < 1.29 is 8.78 Å². The Morgan fingerprint density at radius 3 is 2.71 bits per heavy atom. The third kappa shape index (κ3) is 3.69. The van der Waals surface area contributed by atoms with E-state index < -0.39 is 35.2 Å². The first-order valence-corrected chi connectivity index (χ1v) is 10.6. The van der Waals surface area contributed by atoms with Crippen molar-refractivity contribution in [3.05, 3.63) is 62.9 Å². The number of nitrogen functional groups attached to an aromatic ring is 1. The van der Waals surface area contributed by atoms with Crippen molar-refractivity contribution in [2.45, 2.75) is 25.3 Å². The lowest BCUT2D eigenvalue weighted by Crippen LogP contribution is -2.30. The van der Waals surface area contributed by atoms with E-state index in [1.165, 1.54) is 10.8 Å². The molecule has 13 heteroatoms. The van der Waals surface area contributed by atoms with Gasteiger partial charge in [0.05, 0.1) is 28.2 Å². The van der Waals surface area contributed by atoms with Crippen LogP contribution in [0.4, 0.5) is 20.5 Å². The lowest BCUT2D eigenvalue weighted by molar-refractivity contribution is 0.146. The fraction of sp³-hybridized carbons (Fsp3) is 0.238. The van der Waals surface area contributed by atoms with Crippen LogP contribution < -0.4 is 16.6 Å². The molecule has 172 valence electrons. The predicted molar refractivity (Wildman–Crippen MR) is 120 cm³/mol. The highest BCUT2D eigenvalue weighted by molar-refractivity contribution is 6.35. The molecule has 0 radical (unpaired) electrons. The summed E-state index contributed by atoms with van der Waals surface area (Å²) in [7, 11) is 0. The van der Waals surface area contributed by atoms with E-state index in [1.807, 2.05) is 0 Å². The topological polar surface area (TPSA) is 151 Å². The van der Waals surface area contributed by atoms with Crippen LogP contribution in [0, 0.1) is 17.2 Å². The largest absolute Gasteiger partial charge is 0.368 e. The van der Waals surface area contributed by atoms with Gasteiger partial charge < -0.3 is 11.1 Å². The van der Waals surface area contributed by atoms with Gasteiger partial charge in [0, 0.05) is 6.07 Å². The van der Waals surface area contributed by atoms with Crippen LogP contribution in [0.15, 0.2) is 35.3 Å². The summed E-state index contributed by atoms with van der Waals surface area (Å²) in [6.07, 6.45) is 0.0180. The number of nitriles is 1. The number of alkyl halides is 2. The van der Waals surface area contributed by atoms with Crippen LogP contribution in [-0.4, -0.2) is 29.7 Å². The van der Waals surface area contributed by atoms with Crippen LogP contribution in [0.2, 0.25) is 5.02 Å². The normalized spacial score (nSPS) is 14.3. The number of nitrogens with one attached hydrogen (secondary N) is 2. The highest BCUT2D eigenvalue weighted by Gasteiger charge is 2.37. The molecule has 0 bridgehead atoms. The van der Waals surface area contributed by atoms with Crippen molar-refractivity contribution in [3.8, 4) is 11.9 Å². The van der Waals surface area contributed by atoms with Gasteiger partial charge in [-0.2, -0.15) is 15.3 Å². The Balaban J connectivity index is 1.74. The highest BCUT2D eigenvalue weighted by Crippen LogP contribution is 2.43. The zero-order valence-electron chi connectivity index (χ0n) is 17.3. The molecule has 5 rings (SSSR count). The SMILES string of the molecule is N#Cc1c(N[C@H](c2nc3c(Cl)cccc3c(=O)n2-c2ccn[nH]2)C2CC2)nc(N)nc1C(F)F. The van der Waals surface area contributed by atoms with Gasteiger partial charge >= 0.3 is 0 Å². The summed E-state index contributed by atoms with van der Waals surface area (Å²) in [5.74, 6) is 0.0345. The highest BCUT2D eigenvalue weighted by atomic mass is 35.5. The Labute approximate surface area is 195 Å². The molecule has 1 aromatic carbocycles. The Hall–Kier alpha value is -4.11. The Morgan fingerprint density at radius 2 is 2.06 bits per heavy atom. The number of H-pyrrole nitrogens is 1. The number of nitrogens with zero attached hydrogens (tertiary/aromatic N) is 6. The molecule has 0 aliphatic heterocycles. The van der Waals surface area contributed by atoms with Crippen LogP contribution >= 0.6 is 11.6 Å². The molecule has 1 aliphatic carbocycles. The minimum atomic E-state index is -3.03. The summed E-state index contributed by atoms with van der Waals surface area (Å²) in [4.78, 5) is 25.7. The second-order valence-corrected chi connectivity index (χ2v) is 8.16. The Kier molecular flexibility index (Phi) is 5.33. The lowest BCUT2D eigenvalue weighted by atomic mass is 10.1. The predicted octanol–water partition coefficient (Wildman–Crippen LogP) is 3.51. The van der Waals surface area contributed by atoms with E-state index in [-0.39, 0.29) is 22.6 Å². The molecule has 3 aromatic heterocycles. The van der Waals surface area contributed by atoms with Gasteiger partial charge in [0.1, 0.15) is 29.0 Å². The number of anilines is 2. The number of para-hydroxylation sites is 1. The van der Waals surface area contributed by atoms with Gasteiger partial charge in [-0.15, -0.1) is 0 Å². The first kappa shape index (κ1) is 21.7. The van der Waals surface area contributed by atoms with Crippen molar-refractivity contribution in [3.63, 3.8) is 0 Å². The van der Waals surface area contributed by atoms with Gasteiger partial charge in [0.25, 0.3) is 12.0 Å². The van der Waals surface area contributed by atoms with Gasteiger partial charge in [-0.3, -0.25) is 9.89 Å². The molecule has 1 saturated carbocycles. The van der Waals surface area contributed by atoms with Gasteiger partial charge in [0.15, 0.2) is 5.82 Å². The van der Waals surface area contributed by atoms with E-state index in [4.69, 9.17) is 22.3 Å². The summed E-state index contributed by atoms with van der Waals surface area (Å²) >= 11 is 6.35. The molecule has 1 atom stereocenters. The van der Waals surface area contributed by atoms with Crippen LogP contribution in [-0.2, 0) is 0 Å². The number of aromatic amines is 1. The third-order valence-corrected chi connectivity index (χ3v) is 5.84. The monoisotopic (exact) mass is 483 g/mol. The zero-order valence-corrected chi connectivity index (χ0v) is 18.1. The average molecular weight is 484 g/mol. The zero-order chi connectivity index (χ0) is 24.0. The summed E-state index contributed by atoms with van der Waals surface area (Å²) in [5, 5.41) is 19.9. The third-order valence-electron chi connectivity index (χ3n) is 5.54. The Bertz CT molecular complexity index is 1490. The molecular formula is C21H16ClF2N9O. The quantitative estimate of drug-likeness (QED) is 0.377. The van der Waals surface area contributed by atoms with E-state index in [1.54, 1.807) is 30.3 Å². The second-order valence-electron chi connectivity index (χ2n) is 7.75. The van der Waals surface area contributed by atoms with E-state index in [2.05, 4.69) is 25.5 Å². The maximum Gasteiger partial charge on any atom is 0.281 e. The molecule has 4 N–H and O–H groups in total. The smallest absolute Gasteiger partial charge is 0.281 e. The first-order chi connectivity index (χ1) is 16.4. The van der Waals surface area contributed by atoms with Crippen LogP contribution in [0.25, 0.3) is 16.7 Å². The minimum Gasteiger partial charge on any atom is -0.368 e. The molecule has 0 amide bonds. The number of fused-ring (bicyclic) bond motifs is 1. The molecule has 34 heavy (non-hydrogen) atoms. The van der Waals surface area contributed by atoms with E-state index in [0.29, 0.717) is 16.7 Å². The number of hydrogen-bond donors (Lipinski definition) is 3. The summed E-state index contributed by atoms with van der Waals surface area (Å²) in [6.45, 7) is 0. The maximum absolute atomic E-state index is 13.5. The molecule has 1 fully saturated rings.